The fourth-order valence-corrected chi connectivity index (χ4v) is 3.86. The van der Waals surface area contributed by atoms with Crippen LogP contribution >= 0.6 is 24.0 Å². The SMILES string of the molecule is CCNC(=NCC1CCCC1O)N1CCN(c2cccc(C)c2)CC1.I. The summed E-state index contributed by atoms with van der Waals surface area (Å²) in [4.78, 5) is 9.64. The Hall–Kier alpha value is -1.02. The summed E-state index contributed by atoms with van der Waals surface area (Å²) in [5, 5.41) is 13.4. The van der Waals surface area contributed by atoms with Crippen LogP contribution < -0.4 is 10.2 Å². The number of aliphatic hydroxyl groups is 1. The van der Waals surface area contributed by atoms with Gasteiger partial charge >= 0.3 is 0 Å². The van der Waals surface area contributed by atoms with Crippen molar-refractivity contribution in [2.75, 3.05) is 44.2 Å². The lowest BCUT2D eigenvalue weighted by Crippen LogP contribution is -2.52. The second-order valence-electron chi connectivity index (χ2n) is 7.27. The predicted octanol–water partition coefficient (Wildman–Crippen LogP) is 2.86. The smallest absolute Gasteiger partial charge is 0.194 e. The molecule has 146 valence electrons. The van der Waals surface area contributed by atoms with E-state index in [1.807, 2.05) is 0 Å². The van der Waals surface area contributed by atoms with Crippen LogP contribution in [-0.4, -0.2) is 61.3 Å². The van der Waals surface area contributed by atoms with Gasteiger partial charge in [-0.05, 0) is 44.4 Å². The number of aliphatic hydroxyl groups excluding tert-OH is 1. The van der Waals surface area contributed by atoms with Crippen molar-refractivity contribution < 1.29 is 5.11 Å². The lowest BCUT2D eigenvalue weighted by molar-refractivity contribution is 0.136. The molecule has 0 amide bonds. The monoisotopic (exact) mass is 472 g/mol. The topological polar surface area (TPSA) is 51.1 Å². The Kier molecular flexibility index (Phi) is 8.47. The van der Waals surface area contributed by atoms with Crippen molar-refractivity contribution in [2.45, 2.75) is 39.2 Å². The highest BCUT2D eigenvalue weighted by Gasteiger charge is 2.26. The van der Waals surface area contributed by atoms with Gasteiger partial charge in [-0.3, -0.25) is 4.99 Å². The van der Waals surface area contributed by atoms with Gasteiger partial charge in [0.2, 0.25) is 0 Å². The third kappa shape index (κ3) is 5.49. The summed E-state index contributed by atoms with van der Waals surface area (Å²) in [5.41, 5.74) is 2.63. The first-order chi connectivity index (χ1) is 12.2. The van der Waals surface area contributed by atoms with E-state index in [2.05, 4.69) is 53.2 Å². The van der Waals surface area contributed by atoms with Crippen LogP contribution in [0.2, 0.25) is 0 Å². The van der Waals surface area contributed by atoms with Crippen LogP contribution in [0.3, 0.4) is 0 Å². The molecule has 1 saturated heterocycles. The van der Waals surface area contributed by atoms with Crippen molar-refractivity contribution in [1.29, 1.82) is 0 Å². The molecular formula is C20H33IN4O. The van der Waals surface area contributed by atoms with Gasteiger partial charge in [0.1, 0.15) is 0 Å². The Morgan fingerprint density at radius 1 is 1.23 bits per heavy atom. The Bertz CT molecular complexity index is 587. The lowest BCUT2D eigenvalue weighted by Gasteiger charge is -2.38. The second-order valence-corrected chi connectivity index (χ2v) is 7.27. The summed E-state index contributed by atoms with van der Waals surface area (Å²) in [6.45, 7) is 9.86. The number of guanidine groups is 1. The van der Waals surface area contributed by atoms with Crippen LogP contribution in [0, 0.1) is 12.8 Å². The van der Waals surface area contributed by atoms with Gasteiger partial charge < -0.3 is 20.2 Å². The number of rotatable bonds is 4. The Morgan fingerprint density at radius 3 is 2.62 bits per heavy atom. The number of anilines is 1. The van der Waals surface area contributed by atoms with Crippen molar-refractivity contribution in [3.63, 3.8) is 0 Å². The third-order valence-corrected chi connectivity index (χ3v) is 5.38. The number of hydrogen-bond acceptors (Lipinski definition) is 3. The highest BCUT2D eigenvalue weighted by atomic mass is 127. The van der Waals surface area contributed by atoms with Gasteiger partial charge in [-0.25, -0.2) is 0 Å². The molecule has 26 heavy (non-hydrogen) atoms. The molecule has 1 aromatic rings. The summed E-state index contributed by atoms with van der Waals surface area (Å²) in [7, 11) is 0. The highest BCUT2D eigenvalue weighted by molar-refractivity contribution is 14.0. The summed E-state index contributed by atoms with van der Waals surface area (Å²) >= 11 is 0. The Labute approximate surface area is 174 Å². The molecule has 1 aliphatic carbocycles. The van der Waals surface area contributed by atoms with Gasteiger partial charge in [0.05, 0.1) is 6.10 Å². The van der Waals surface area contributed by atoms with E-state index in [-0.39, 0.29) is 30.1 Å². The molecule has 1 aromatic carbocycles. The fraction of sp³-hybridized carbons (Fsp3) is 0.650. The number of hydrogen-bond donors (Lipinski definition) is 2. The van der Waals surface area contributed by atoms with Crippen molar-refractivity contribution in [3.8, 4) is 0 Å². The van der Waals surface area contributed by atoms with Gasteiger partial charge in [-0.1, -0.05) is 18.6 Å². The van der Waals surface area contributed by atoms with Gasteiger partial charge in [0, 0.05) is 50.9 Å². The van der Waals surface area contributed by atoms with Crippen LogP contribution in [0.25, 0.3) is 0 Å². The van der Waals surface area contributed by atoms with E-state index in [0.29, 0.717) is 5.92 Å². The molecule has 5 nitrogen and oxygen atoms in total. The van der Waals surface area contributed by atoms with Crippen LogP contribution in [0.15, 0.2) is 29.3 Å². The zero-order valence-corrected chi connectivity index (χ0v) is 18.4. The maximum Gasteiger partial charge on any atom is 0.194 e. The minimum absolute atomic E-state index is 0. The second kappa shape index (κ2) is 10.3. The van der Waals surface area contributed by atoms with Gasteiger partial charge in [-0.15, -0.1) is 24.0 Å². The number of aryl methyl sites for hydroxylation is 1. The molecule has 3 rings (SSSR count). The first-order valence-electron chi connectivity index (χ1n) is 9.70. The van der Waals surface area contributed by atoms with Crippen molar-refractivity contribution >= 4 is 35.6 Å². The summed E-state index contributed by atoms with van der Waals surface area (Å²) in [6, 6.07) is 8.74. The van der Waals surface area contributed by atoms with E-state index in [0.717, 1.165) is 64.5 Å². The first kappa shape index (κ1) is 21.3. The quantitative estimate of drug-likeness (QED) is 0.402. The van der Waals surface area contributed by atoms with E-state index in [1.165, 1.54) is 11.3 Å². The predicted molar refractivity (Wildman–Crippen MR) is 120 cm³/mol. The van der Waals surface area contributed by atoms with Gasteiger partial charge in [0.25, 0.3) is 0 Å². The molecule has 0 bridgehead atoms. The summed E-state index contributed by atoms with van der Waals surface area (Å²) in [5.74, 6) is 1.34. The minimum Gasteiger partial charge on any atom is -0.393 e. The molecule has 2 atom stereocenters. The molecular weight excluding hydrogens is 439 g/mol. The Morgan fingerprint density at radius 2 is 2.00 bits per heavy atom. The molecule has 2 unspecified atom stereocenters. The zero-order valence-electron chi connectivity index (χ0n) is 16.0. The van der Waals surface area contributed by atoms with Gasteiger partial charge in [-0.2, -0.15) is 0 Å². The molecule has 1 saturated carbocycles. The summed E-state index contributed by atoms with van der Waals surface area (Å²) in [6.07, 6.45) is 3.01. The van der Waals surface area contributed by atoms with Crippen molar-refractivity contribution in [3.05, 3.63) is 29.8 Å². The van der Waals surface area contributed by atoms with Crippen LogP contribution in [0.4, 0.5) is 5.69 Å². The van der Waals surface area contributed by atoms with Gasteiger partial charge in [0.15, 0.2) is 5.96 Å². The van der Waals surface area contributed by atoms with Crippen LogP contribution in [0.1, 0.15) is 31.7 Å². The number of nitrogens with one attached hydrogen (secondary N) is 1. The number of nitrogens with zero attached hydrogens (tertiary/aromatic N) is 3. The first-order valence-corrected chi connectivity index (χ1v) is 9.70. The molecule has 0 aromatic heterocycles. The number of aliphatic imine (C=N–C) groups is 1. The Balaban J connectivity index is 0.00000243. The average molecular weight is 472 g/mol. The molecule has 6 heteroatoms. The van der Waals surface area contributed by atoms with E-state index < -0.39 is 0 Å². The number of halogens is 1. The number of benzene rings is 1. The molecule has 2 fully saturated rings. The van der Waals surface area contributed by atoms with E-state index in [4.69, 9.17) is 4.99 Å². The third-order valence-electron chi connectivity index (χ3n) is 5.38. The van der Waals surface area contributed by atoms with Crippen molar-refractivity contribution in [2.24, 2.45) is 10.9 Å². The van der Waals surface area contributed by atoms with Crippen LogP contribution in [0.5, 0.6) is 0 Å². The highest BCUT2D eigenvalue weighted by Crippen LogP contribution is 2.25. The largest absolute Gasteiger partial charge is 0.393 e. The minimum atomic E-state index is -0.162. The normalized spacial score (nSPS) is 23.7. The molecule has 2 aliphatic rings. The van der Waals surface area contributed by atoms with Crippen LogP contribution in [-0.2, 0) is 0 Å². The maximum absolute atomic E-state index is 10.0. The maximum atomic E-state index is 10.0. The molecule has 2 N–H and O–H groups in total. The summed E-state index contributed by atoms with van der Waals surface area (Å²) < 4.78 is 0. The van der Waals surface area contributed by atoms with E-state index in [1.54, 1.807) is 0 Å². The van der Waals surface area contributed by atoms with Crippen molar-refractivity contribution in [1.82, 2.24) is 10.2 Å². The fourth-order valence-electron chi connectivity index (χ4n) is 3.86. The number of piperazine rings is 1. The molecule has 0 spiro atoms. The zero-order chi connectivity index (χ0) is 17.6. The molecule has 1 heterocycles. The average Bonchev–Trinajstić information content (AvgIpc) is 3.04. The van der Waals surface area contributed by atoms with E-state index >= 15 is 0 Å². The standard InChI is InChI=1S/C20H32N4O.HI/c1-3-21-20(22-15-17-7-5-9-19(17)25)24-12-10-23(11-13-24)18-8-4-6-16(2)14-18;/h4,6,8,14,17,19,25H,3,5,7,9-13,15H2,1-2H3,(H,21,22);1H. The van der Waals surface area contributed by atoms with E-state index in [9.17, 15) is 5.11 Å². The molecule has 0 radical (unpaired) electrons. The molecule has 1 aliphatic heterocycles. The lowest BCUT2D eigenvalue weighted by atomic mass is 10.1.